The summed E-state index contributed by atoms with van der Waals surface area (Å²) in [5.41, 5.74) is 0.950. The van der Waals surface area contributed by atoms with E-state index in [0.717, 1.165) is 37.0 Å². The van der Waals surface area contributed by atoms with Crippen LogP contribution in [0, 0.1) is 0 Å². The average Bonchev–Trinajstić information content (AvgIpc) is 3.49. The van der Waals surface area contributed by atoms with Gasteiger partial charge < -0.3 is 14.6 Å². The van der Waals surface area contributed by atoms with Crippen LogP contribution in [0.2, 0.25) is 0 Å². The number of aromatic nitrogens is 5. The minimum atomic E-state index is -0.426. The van der Waals surface area contributed by atoms with Gasteiger partial charge in [-0.1, -0.05) is 5.16 Å². The number of nitrogens with zero attached hydrogens (tertiary/aromatic N) is 5. The molecule has 10 heteroatoms. The lowest BCUT2D eigenvalue weighted by atomic mass is 9.96. The topological polar surface area (TPSA) is 117 Å². The zero-order chi connectivity index (χ0) is 19.8. The van der Waals surface area contributed by atoms with Crippen LogP contribution < -0.4 is 10.9 Å². The smallest absolute Gasteiger partial charge is 0.274 e. The Labute approximate surface area is 165 Å². The number of rotatable bonds is 4. The number of carbonyl (C=O) groups is 1. The van der Waals surface area contributed by atoms with Crippen LogP contribution in [0.25, 0.3) is 5.82 Å². The van der Waals surface area contributed by atoms with E-state index < -0.39 is 12.1 Å². The van der Waals surface area contributed by atoms with Crippen molar-refractivity contribution in [1.82, 2.24) is 30.0 Å². The summed E-state index contributed by atoms with van der Waals surface area (Å²) in [6.07, 6.45) is 7.04. The first-order valence-electron chi connectivity index (χ1n) is 9.66. The summed E-state index contributed by atoms with van der Waals surface area (Å²) in [4.78, 5) is 25.3. The van der Waals surface area contributed by atoms with Gasteiger partial charge in [0.25, 0.3) is 11.5 Å². The highest BCUT2D eigenvalue weighted by Gasteiger charge is 2.34. The van der Waals surface area contributed by atoms with Gasteiger partial charge >= 0.3 is 0 Å². The summed E-state index contributed by atoms with van der Waals surface area (Å²) >= 11 is 0. The maximum Gasteiger partial charge on any atom is 0.274 e. The van der Waals surface area contributed by atoms with Gasteiger partial charge in [0.2, 0.25) is 0 Å². The minimum absolute atomic E-state index is 0.269. The Morgan fingerprint density at radius 2 is 2.10 bits per heavy atom. The van der Waals surface area contributed by atoms with Gasteiger partial charge in [0.05, 0.1) is 19.3 Å². The van der Waals surface area contributed by atoms with E-state index in [-0.39, 0.29) is 24.7 Å². The number of hydrogen-bond acceptors (Lipinski definition) is 7. The predicted octanol–water partition coefficient (Wildman–Crippen LogP) is 0.666. The SMILES string of the molecule is O=C(NC1COCC1n1nc(-n2cccn2)ccc1=O)c1noc2c1CCCC2. The lowest BCUT2D eigenvalue weighted by Gasteiger charge is -2.20. The van der Waals surface area contributed by atoms with Crippen molar-refractivity contribution < 1.29 is 14.1 Å². The molecular weight excluding hydrogens is 376 g/mol. The molecule has 10 nitrogen and oxygen atoms in total. The fourth-order valence-electron chi connectivity index (χ4n) is 3.90. The van der Waals surface area contributed by atoms with Crippen LogP contribution in [-0.4, -0.2) is 49.9 Å². The van der Waals surface area contributed by atoms with Crippen LogP contribution in [-0.2, 0) is 17.6 Å². The highest BCUT2D eigenvalue weighted by Crippen LogP contribution is 2.25. The molecule has 2 unspecified atom stereocenters. The molecule has 0 bridgehead atoms. The highest BCUT2D eigenvalue weighted by molar-refractivity contribution is 5.94. The first-order chi connectivity index (χ1) is 14.2. The normalized spacial score (nSPS) is 21.1. The highest BCUT2D eigenvalue weighted by atomic mass is 16.5. The zero-order valence-electron chi connectivity index (χ0n) is 15.7. The first kappa shape index (κ1) is 17.8. The second-order valence-electron chi connectivity index (χ2n) is 7.25. The minimum Gasteiger partial charge on any atom is -0.377 e. The Kier molecular flexibility index (Phi) is 4.47. The molecule has 4 heterocycles. The Morgan fingerprint density at radius 3 is 2.97 bits per heavy atom. The molecule has 3 aromatic rings. The largest absolute Gasteiger partial charge is 0.377 e. The van der Waals surface area contributed by atoms with Crippen LogP contribution >= 0.6 is 0 Å². The molecule has 1 aliphatic heterocycles. The average molecular weight is 396 g/mol. The van der Waals surface area contributed by atoms with Gasteiger partial charge in [0, 0.05) is 30.4 Å². The summed E-state index contributed by atoms with van der Waals surface area (Å²) < 4.78 is 13.8. The summed E-state index contributed by atoms with van der Waals surface area (Å²) in [5.74, 6) is 0.997. The van der Waals surface area contributed by atoms with E-state index in [1.54, 1.807) is 29.2 Å². The first-order valence-corrected chi connectivity index (χ1v) is 9.66. The molecule has 1 aliphatic carbocycles. The van der Waals surface area contributed by atoms with Crippen LogP contribution in [0.4, 0.5) is 0 Å². The van der Waals surface area contributed by atoms with E-state index in [9.17, 15) is 9.59 Å². The fraction of sp³-hybridized carbons (Fsp3) is 0.421. The van der Waals surface area contributed by atoms with Crippen molar-refractivity contribution in [2.75, 3.05) is 13.2 Å². The maximum absolute atomic E-state index is 12.8. The monoisotopic (exact) mass is 396 g/mol. The molecule has 1 amide bonds. The quantitative estimate of drug-likeness (QED) is 0.689. The maximum atomic E-state index is 12.8. The molecule has 1 saturated heterocycles. The third kappa shape index (κ3) is 3.25. The van der Waals surface area contributed by atoms with Crippen molar-refractivity contribution in [3.05, 3.63) is 58.0 Å². The summed E-state index contributed by atoms with van der Waals surface area (Å²) in [7, 11) is 0. The molecule has 29 heavy (non-hydrogen) atoms. The number of amides is 1. The fourth-order valence-corrected chi connectivity index (χ4v) is 3.90. The molecule has 2 atom stereocenters. The van der Waals surface area contributed by atoms with E-state index in [2.05, 4.69) is 20.7 Å². The number of fused-ring (bicyclic) bond motifs is 1. The summed E-state index contributed by atoms with van der Waals surface area (Å²) in [6, 6.07) is 3.99. The molecule has 150 valence electrons. The molecule has 3 aromatic heterocycles. The summed E-state index contributed by atoms with van der Waals surface area (Å²) in [6.45, 7) is 0.563. The Morgan fingerprint density at radius 1 is 1.21 bits per heavy atom. The van der Waals surface area contributed by atoms with Crippen molar-refractivity contribution in [2.24, 2.45) is 0 Å². The lowest BCUT2D eigenvalue weighted by molar-refractivity contribution is 0.0914. The molecule has 0 radical (unpaired) electrons. The van der Waals surface area contributed by atoms with Crippen LogP contribution in [0.3, 0.4) is 0 Å². The van der Waals surface area contributed by atoms with Crippen molar-refractivity contribution in [3.8, 4) is 5.82 Å². The van der Waals surface area contributed by atoms with Gasteiger partial charge in [-0.3, -0.25) is 9.59 Å². The predicted molar refractivity (Wildman–Crippen MR) is 99.9 cm³/mol. The Hall–Kier alpha value is -3.27. The number of ether oxygens (including phenoxy) is 1. The van der Waals surface area contributed by atoms with Crippen LogP contribution in [0.5, 0.6) is 0 Å². The van der Waals surface area contributed by atoms with Crippen LogP contribution in [0.1, 0.15) is 40.7 Å². The number of nitrogens with one attached hydrogen (secondary N) is 1. The van der Waals surface area contributed by atoms with E-state index in [1.165, 1.54) is 10.7 Å². The standard InChI is InChI=1S/C19H20N6O4/c26-17-7-6-16(24-9-3-8-20-24)22-25(17)14-11-28-10-13(14)21-19(27)18-12-4-1-2-5-15(12)29-23-18/h3,6-9,13-14H,1-2,4-5,10-11H2,(H,21,27). The zero-order valence-corrected chi connectivity index (χ0v) is 15.7. The Bertz CT molecular complexity index is 1090. The van der Waals surface area contributed by atoms with E-state index in [4.69, 9.17) is 9.26 Å². The van der Waals surface area contributed by atoms with Gasteiger partial charge in [-0.15, -0.1) is 5.10 Å². The molecule has 2 aliphatic rings. The molecule has 5 rings (SSSR count). The Balaban J connectivity index is 1.39. The molecule has 0 spiro atoms. The third-order valence-electron chi connectivity index (χ3n) is 5.40. The van der Waals surface area contributed by atoms with Gasteiger partial charge in [-0.2, -0.15) is 5.10 Å². The number of carbonyl (C=O) groups excluding carboxylic acids is 1. The lowest BCUT2D eigenvalue weighted by Crippen LogP contribution is -2.44. The van der Waals surface area contributed by atoms with Crippen molar-refractivity contribution in [2.45, 2.75) is 37.8 Å². The number of aryl methyl sites for hydroxylation is 1. The van der Waals surface area contributed by atoms with Gasteiger partial charge in [-0.05, 0) is 31.4 Å². The molecule has 0 aromatic carbocycles. The summed E-state index contributed by atoms with van der Waals surface area (Å²) in [5, 5.41) is 15.5. The van der Waals surface area contributed by atoms with Crippen molar-refractivity contribution in [3.63, 3.8) is 0 Å². The molecule has 0 saturated carbocycles. The van der Waals surface area contributed by atoms with E-state index in [0.29, 0.717) is 11.5 Å². The number of hydrogen-bond donors (Lipinski definition) is 1. The van der Waals surface area contributed by atoms with Gasteiger partial charge in [0.15, 0.2) is 11.5 Å². The molecule has 1 fully saturated rings. The van der Waals surface area contributed by atoms with E-state index in [1.807, 2.05) is 0 Å². The van der Waals surface area contributed by atoms with Gasteiger partial charge in [0.1, 0.15) is 11.8 Å². The van der Waals surface area contributed by atoms with Crippen molar-refractivity contribution in [1.29, 1.82) is 0 Å². The van der Waals surface area contributed by atoms with Gasteiger partial charge in [-0.25, -0.2) is 9.36 Å². The van der Waals surface area contributed by atoms with Crippen molar-refractivity contribution >= 4 is 5.91 Å². The second kappa shape index (κ2) is 7.28. The van der Waals surface area contributed by atoms with Crippen LogP contribution in [0.15, 0.2) is 39.9 Å². The molecular formula is C19H20N6O4. The van der Waals surface area contributed by atoms with E-state index >= 15 is 0 Å². The molecule has 1 N–H and O–H groups in total. The second-order valence-corrected chi connectivity index (χ2v) is 7.25. The third-order valence-corrected chi connectivity index (χ3v) is 5.40.